The Labute approximate surface area is 184 Å². The first kappa shape index (κ1) is 21.2. The fraction of sp³-hybridized carbons (Fsp3) is 0.364. The molecular weight excluding hydrogens is 418 g/mol. The molecule has 2 N–H and O–H groups in total. The Bertz CT molecular complexity index is 1070. The van der Waals surface area contributed by atoms with Crippen LogP contribution >= 0.6 is 11.3 Å². The highest BCUT2D eigenvalue weighted by atomic mass is 32.1. The van der Waals surface area contributed by atoms with Gasteiger partial charge in [-0.1, -0.05) is 11.3 Å². The summed E-state index contributed by atoms with van der Waals surface area (Å²) in [6.07, 6.45) is 2.01. The first-order chi connectivity index (χ1) is 15.1. The first-order valence-corrected chi connectivity index (χ1v) is 10.8. The summed E-state index contributed by atoms with van der Waals surface area (Å²) in [4.78, 5) is 19.7. The Morgan fingerprint density at radius 3 is 2.58 bits per heavy atom. The lowest BCUT2D eigenvalue weighted by Crippen LogP contribution is -2.31. The smallest absolute Gasteiger partial charge is 0.255 e. The lowest BCUT2D eigenvalue weighted by atomic mass is 10.2. The van der Waals surface area contributed by atoms with Gasteiger partial charge in [0, 0.05) is 29.9 Å². The molecule has 3 aromatic rings. The van der Waals surface area contributed by atoms with Crippen LogP contribution in [0.25, 0.3) is 10.2 Å². The van der Waals surface area contributed by atoms with E-state index in [1.165, 1.54) is 32.7 Å². The molecule has 0 spiro atoms. The highest BCUT2D eigenvalue weighted by molar-refractivity contribution is 7.22. The van der Waals surface area contributed by atoms with Gasteiger partial charge in [0.05, 0.1) is 44.2 Å². The molecule has 2 aromatic carbocycles. The molecule has 8 nitrogen and oxygen atoms in total. The molecule has 31 heavy (non-hydrogen) atoms. The van der Waals surface area contributed by atoms with Crippen molar-refractivity contribution in [3.63, 3.8) is 0 Å². The predicted molar refractivity (Wildman–Crippen MR) is 121 cm³/mol. The van der Waals surface area contributed by atoms with E-state index < -0.39 is 0 Å². The number of fused-ring (bicyclic) bond motifs is 1. The van der Waals surface area contributed by atoms with Gasteiger partial charge >= 0.3 is 0 Å². The summed E-state index contributed by atoms with van der Waals surface area (Å²) in [6, 6.07) is 8.93. The van der Waals surface area contributed by atoms with Crippen LogP contribution in [0.2, 0.25) is 0 Å². The van der Waals surface area contributed by atoms with E-state index >= 15 is 0 Å². The van der Waals surface area contributed by atoms with Gasteiger partial charge in [-0.25, -0.2) is 4.98 Å². The van der Waals surface area contributed by atoms with Crippen LogP contribution in [0.5, 0.6) is 17.2 Å². The van der Waals surface area contributed by atoms with Crippen molar-refractivity contribution in [3.05, 3.63) is 35.9 Å². The molecule has 164 valence electrons. The van der Waals surface area contributed by atoms with Crippen molar-refractivity contribution in [3.8, 4) is 17.2 Å². The molecule has 0 aliphatic carbocycles. The molecule has 1 fully saturated rings. The zero-order valence-electron chi connectivity index (χ0n) is 17.7. The average Bonchev–Trinajstić information content (AvgIpc) is 3.43. The maximum atomic E-state index is 12.9. The number of aliphatic hydroxyl groups excluding tert-OH is 1. The molecule has 1 aromatic heterocycles. The summed E-state index contributed by atoms with van der Waals surface area (Å²) in [5.41, 5.74) is 1.90. The zero-order chi connectivity index (χ0) is 22.0. The van der Waals surface area contributed by atoms with Crippen LogP contribution in [0.1, 0.15) is 23.2 Å². The molecule has 1 saturated heterocycles. The predicted octanol–water partition coefficient (Wildman–Crippen LogP) is 3.54. The maximum Gasteiger partial charge on any atom is 0.255 e. The maximum absolute atomic E-state index is 12.9. The molecule has 1 unspecified atom stereocenters. The molecule has 1 aliphatic rings. The van der Waals surface area contributed by atoms with E-state index in [2.05, 4.69) is 10.2 Å². The van der Waals surface area contributed by atoms with Gasteiger partial charge in [0.25, 0.3) is 5.91 Å². The van der Waals surface area contributed by atoms with Crippen molar-refractivity contribution in [1.29, 1.82) is 0 Å². The zero-order valence-corrected chi connectivity index (χ0v) is 18.5. The van der Waals surface area contributed by atoms with Crippen LogP contribution < -0.4 is 24.4 Å². The normalized spacial score (nSPS) is 15.9. The third-order valence-corrected chi connectivity index (χ3v) is 6.45. The second-order valence-electron chi connectivity index (χ2n) is 7.22. The van der Waals surface area contributed by atoms with Crippen molar-refractivity contribution in [2.45, 2.75) is 18.9 Å². The lowest BCUT2D eigenvalue weighted by Gasteiger charge is -2.21. The van der Waals surface area contributed by atoms with Gasteiger partial charge in [-0.3, -0.25) is 4.79 Å². The number of methoxy groups -OCH3 is 3. The molecule has 1 amide bonds. The number of benzene rings is 2. The fourth-order valence-corrected chi connectivity index (χ4v) is 4.91. The van der Waals surface area contributed by atoms with E-state index in [0.717, 1.165) is 34.7 Å². The second kappa shape index (κ2) is 8.99. The van der Waals surface area contributed by atoms with Crippen LogP contribution in [0.15, 0.2) is 30.3 Å². The van der Waals surface area contributed by atoms with Crippen LogP contribution in [0.4, 0.5) is 10.8 Å². The number of nitrogens with one attached hydrogen (secondary N) is 1. The number of hydrogen-bond acceptors (Lipinski definition) is 8. The topological polar surface area (TPSA) is 93.2 Å². The van der Waals surface area contributed by atoms with Gasteiger partial charge in [0.1, 0.15) is 0 Å². The number of anilines is 2. The molecule has 9 heteroatoms. The first-order valence-electron chi connectivity index (χ1n) is 9.97. The SMILES string of the molecule is COc1cc(NC(=O)c2ccc3nc(N4CCCC4CO)sc3c2)cc(OC)c1OC. The van der Waals surface area contributed by atoms with Gasteiger partial charge in [0.15, 0.2) is 16.6 Å². The average molecular weight is 444 g/mol. The quantitative estimate of drug-likeness (QED) is 0.577. The number of aromatic nitrogens is 1. The van der Waals surface area contributed by atoms with Crippen molar-refractivity contribution in [1.82, 2.24) is 4.98 Å². The third-order valence-electron chi connectivity index (χ3n) is 5.40. The van der Waals surface area contributed by atoms with Crippen LogP contribution in [-0.2, 0) is 0 Å². The number of thiazole rings is 1. The van der Waals surface area contributed by atoms with Crippen LogP contribution in [-0.4, -0.2) is 56.5 Å². The number of amides is 1. The van der Waals surface area contributed by atoms with Gasteiger partial charge in [-0.15, -0.1) is 0 Å². The standard InChI is InChI=1S/C22H25N3O5S/c1-28-17-10-14(11-18(29-2)20(17)30-3)23-21(27)13-6-7-16-19(9-13)31-22(24-16)25-8-4-5-15(25)12-26/h6-7,9-11,15,26H,4-5,8,12H2,1-3H3,(H,23,27). The fourth-order valence-electron chi connectivity index (χ4n) is 3.81. The van der Waals surface area contributed by atoms with E-state index in [9.17, 15) is 9.90 Å². The van der Waals surface area contributed by atoms with Gasteiger partial charge < -0.3 is 29.5 Å². The van der Waals surface area contributed by atoms with Crippen molar-refractivity contribution in [2.75, 3.05) is 44.7 Å². The molecule has 2 heterocycles. The van der Waals surface area contributed by atoms with Crippen molar-refractivity contribution in [2.24, 2.45) is 0 Å². The number of carbonyl (C=O) groups is 1. The largest absolute Gasteiger partial charge is 0.493 e. The molecular formula is C22H25N3O5S. The minimum absolute atomic E-state index is 0.114. The summed E-state index contributed by atoms with van der Waals surface area (Å²) >= 11 is 1.54. The summed E-state index contributed by atoms with van der Waals surface area (Å²) in [7, 11) is 4.59. The number of ether oxygens (including phenoxy) is 3. The summed E-state index contributed by atoms with van der Waals surface area (Å²) in [5.74, 6) is 1.14. The van der Waals surface area contributed by atoms with Gasteiger partial charge in [0.2, 0.25) is 5.75 Å². The van der Waals surface area contributed by atoms with E-state index in [0.29, 0.717) is 28.5 Å². The van der Waals surface area contributed by atoms with Crippen molar-refractivity contribution < 1.29 is 24.1 Å². The Morgan fingerprint density at radius 1 is 1.19 bits per heavy atom. The number of rotatable bonds is 7. The molecule has 1 aliphatic heterocycles. The van der Waals surface area contributed by atoms with E-state index in [1.807, 2.05) is 12.1 Å². The summed E-state index contributed by atoms with van der Waals surface area (Å²) in [6.45, 7) is 1.01. The highest BCUT2D eigenvalue weighted by Gasteiger charge is 2.26. The summed E-state index contributed by atoms with van der Waals surface area (Å²) < 4.78 is 16.9. The second-order valence-corrected chi connectivity index (χ2v) is 8.23. The Hall–Kier alpha value is -3.04. The highest BCUT2D eigenvalue weighted by Crippen LogP contribution is 2.40. The van der Waals surface area contributed by atoms with E-state index in [-0.39, 0.29) is 18.6 Å². The number of hydrogen-bond donors (Lipinski definition) is 2. The minimum Gasteiger partial charge on any atom is -0.493 e. The van der Waals surface area contributed by atoms with Crippen LogP contribution in [0.3, 0.4) is 0 Å². The molecule has 4 rings (SSSR count). The Morgan fingerprint density at radius 2 is 1.94 bits per heavy atom. The molecule has 1 atom stereocenters. The lowest BCUT2D eigenvalue weighted by molar-refractivity contribution is 0.102. The van der Waals surface area contributed by atoms with Gasteiger partial charge in [-0.2, -0.15) is 0 Å². The molecule has 0 radical (unpaired) electrons. The Kier molecular flexibility index (Phi) is 6.15. The number of aliphatic hydroxyl groups is 1. The number of carbonyl (C=O) groups excluding carboxylic acids is 1. The minimum atomic E-state index is -0.250. The third kappa shape index (κ3) is 4.11. The molecule has 0 saturated carbocycles. The molecule has 0 bridgehead atoms. The number of nitrogens with zero attached hydrogens (tertiary/aromatic N) is 2. The van der Waals surface area contributed by atoms with E-state index in [4.69, 9.17) is 19.2 Å². The van der Waals surface area contributed by atoms with Gasteiger partial charge in [-0.05, 0) is 31.0 Å². The van der Waals surface area contributed by atoms with Crippen molar-refractivity contribution >= 4 is 38.3 Å². The monoisotopic (exact) mass is 443 g/mol. The van der Waals surface area contributed by atoms with Crippen LogP contribution in [0, 0.1) is 0 Å². The summed E-state index contributed by atoms with van der Waals surface area (Å²) in [5, 5.41) is 13.4. The Balaban J connectivity index is 1.58. The van der Waals surface area contributed by atoms with E-state index in [1.54, 1.807) is 18.2 Å².